The van der Waals surface area contributed by atoms with Gasteiger partial charge < -0.3 is 5.32 Å². The van der Waals surface area contributed by atoms with E-state index < -0.39 is 0 Å². The van der Waals surface area contributed by atoms with Crippen molar-refractivity contribution in [3.63, 3.8) is 0 Å². The van der Waals surface area contributed by atoms with Crippen LogP contribution in [-0.4, -0.2) is 27.0 Å². The van der Waals surface area contributed by atoms with Crippen LogP contribution >= 0.6 is 0 Å². The first kappa shape index (κ1) is 14.2. The van der Waals surface area contributed by atoms with Gasteiger partial charge in [-0.3, -0.25) is 4.79 Å². The molecule has 0 aliphatic rings. The van der Waals surface area contributed by atoms with E-state index in [1.54, 1.807) is 29.0 Å². The van der Waals surface area contributed by atoms with Crippen molar-refractivity contribution in [1.82, 2.24) is 19.9 Å². The van der Waals surface area contributed by atoms with Crippen molar-refractivity contribution >= 4 is 11.6 Å². The second-order valence-electron chi connectivity index (χ2n) is 4.92. The van der Waals surface area contributed by atoms with Crippen LogP contribution < -0.4 is 5.32 Å². The van der Waals surface area contributed by atoms with Crippen molar-refractivity contribution in [2.75, 3.05) is 6.54 Å². The van der Waals surface area contributed by atoms with E-state index in [4.69, 9.17) is 0 Å². The quantitative estimate of drug-likeness (QED) is 0.808. The molecule has 1 amide bonds. The van der Waals surface area contributed by atoms with Crippen molar-refractivity contribution in [3.05, 3.63) is 53.7 Å². The first-order chi connectivity index (χ1) is 10.6. The van der Waals surface area contributed by atoms with Gasteiger partial charge in [-0.05, 0) is 31.5 Å². The average Bonchev–Trinajstić information content (AvgIpc) is 2.93. The van der Waals surface area contributed by atoms with E-state index in [1.807, 2.05) is 13.8 Å². The molecule has 2 heterocycles. The zero-order valence-corrected chi connectivity index (χ0v) is 12.3. The number of benzene rings is 1. The van der Waals surface area contributed by atoms with Gasteiger partial charge in [0.15, 0.2) is 5.65 Å². The van der Waals surface area contributed by atoms with Crippen LogP contribution in [0.4, 0.5) is 4.39 Å². The van der Waals surface area contributed by atoms with E-state index in [-0.39, 0.29) is 11.7 Å². The average molecular weight is 298 g/mol. The molecular formula is C16H15FN4O. The van der Waals surface area contributed by atoms with Gasteiger partial charge >= 0.3 is 0 Å². The van der Waals surface area contributed by atoms with Gasteiger partial charge in [0.05, 0.1) is 17.5 Å². The van der Waals surface area contributed by atoms with Crippen LogP contribution in [-0.2, 0) is 0 Å². The number of hydrogen-bond donors (Lipinski definition) is 1. The van der Waals surface area contributed by atoms with Crippen molar-refractivity contribution in [2.24, 2.45) is 0 Å². The third-order valence-electron chi connectivity index (χ3n) is 3.50. The van der Waals surface area contributed by atoms with Crippen LogP contribution in [0, 0.1) is 12.7 Å². The molecule has 2 aromatic heterocycles. The van der Waals surface area contributed by atoms with Crippen LogP contribution in [0.3, 0.4) is 0 Å². The Morgan fingerprint density at radius 1 is 1.27 bits per heavy atom. The smallest absolute Gasteiger partial charge is 0.254 e. The summed E-state index contributed by atoms with van der Waals surface area (Å²) in [6.45, 7) is 4.23. The Hall–Kier alpha value is -2.76. The lowest BCUT2D eigenvalue weighted by atomic mass is 10.1. The monoisotopic (exact) mass is 298 g/mol. The third-order valence-corrected chi connectivity index (χ3v) is 3.50. The maximum absolute atomic E-state index is 13.0. The topological polar surface area (TPSA) is 59.3 Å². The lowest BCUT2D eigenvalue weighted by Gasteiger charge is -2.07. The summed E-state index contributed by atoms with van der Waals surface area (Å²) in [4.78, 5) is 16.3. The number of rotatable bonds is 3. The van der Waals surface area contributed by atoms with Gasteiger partial charge in [0, 0.05) is 18.3 Å². The molecule has 5 nitrogen and oxygen atoms in total. The van der Waals surface area contributed by atoms with Crippen LogP contribution in [0.25, 0.3) is 16.8 Å². The molecule has 0 radical (unpaired) electrons. The van der Waals surface area contributed by atoms with E-state index >= 15 is 0 Å². The Morgan fingerprint density at radius 3 is 2.68 bits per heavy atom. The van der Waals surface area contributed by atoms with Crippen LogP contribution in [0.15, 0.2) is 36.7 Å². The minimum Gasteiger partial charge on any atom is -0.352 e. The van der Waals surface area contributed by atoms with Gasteiger partial charge in [0.2, 0.25) is 0 Å². The summed E-state index contributed by atoms with van der Waals surface area (Å²) in [6.07, 6.45) is 3.22. The number of nitrogens with one attached hydrogen (secondary N) is 1. The molecule has 0 spiro atoms. The molecule has 0 bridgehead atoms. The highest BCUT2D eigenvalue weighted by Crippen LogP contribution is 2.24. The molecule has 112 valence electrons. The first-order valence-corrected chi connectivity index (χ1v) is 6.99. The molecule has 22 heavy (non-hydrogen) atoms. The second-order valence-corrected chi connectivity index (χ2v) is 4.92. The minimum atomic E-state index is -0.289. The summed E-state index contributed by atoms with van der Waals surface area (Å²) in [5, 5.41) is 7.05. The highest BCUT2D eigenvalue weighted by molar-refractivity contribution is 5.95. The van der Waals surface area contributed by atoms with Gasteiger partial charge in [-0.15, -0.1) is 0 Å². The normalized spacial score (nSPS) is 10.9. The lowest BCUT2D eigenvalue weighted by Crippen LogP contribution is -2.24. The third kappa shape index (κ3) is 2.32. The van der Waals surface area contributed by atoms with E-state index in [0.717, 1.165) is 11.1 Å². The van der Waals surface area contributed by atoms with Gasteiger partial charge in [-0.25, -0.2) is 13.9 Å². The molecule has 0 atom stereocenters. The minimum absolute atomic E-state index is 0.173. The molecule has 0 saturated carbocycles. The van der Waals surface area contributed by atoms with E-state index in [9.17, 15) is 9.18 Å². The lowest BCUT2D eigenvalue weighted by molar-refractivity contribution is 0.0954. The number of fused-ring (bicyclic) bond motifs is 1. The van der Waals surface area contributed by atoms with Gasteiger partial charge in [0.25, 0.3) is 5.91 Å². The fourth-order valence-corrected chi connectivity index (χ4v) is 2.36. The summed E-state index contributed by atoms with van der Waals surface area (Å²) in [7, 11) is 0. The molecule has 3 rings (SSSR count). The standard InChI is InChI=1S/C16H15FN4O/c1-3-18-16(22)13-8-19-15-14(9-20-21(15)10(13)2)11-4-6-12(17)7-5-11/h4-9H,3H2,1-2H3,(H,18,22). The second kappa shape index (κ2) is 5.55. The van der Waals surface area contributed by atoms with Gasteiger partial charge in [-0.1, -0.05) is 12.1 Å². The highest BCUT2D eigenvalue weighted by Gasteiger charge is 2.15. The molecule has 0 aliphatic carbocycles. The van der Waals surface area contributed by atoms with Gasteiger partial charge in [0.1, 0.15) is 5.82 Å². The van der Waals surface area contributed by atoms with E-state index in [0.29, 0.717) is 23.4 Å². The molecule has 1 aromatic carbocycles. The Balaban J connectivity index is 2.11. The number of carbonyl (C=O) groups excluding carboxylic acids is 1. The van der Waals surface area contributed by atoms with Crippen molar-refractivity contribution < 1.29 is 9.18 Å². The number of hydrogen-bond acceptors (Lipinski definition) is 3. The van der Waals surface area contributed by atoms with E-state index in [1.165, 1.54) is 12.1 Å². The fraction of sp³-hybridized carbons (Fsp3) is 0.188. The number of amides is 1. The maximum atomic E-state index is 13.0. The predicted molar refractivity (Wildman–Crippen MR) is 81.1 cm³/mol. The Labute approximate surface area is 126 Å². The SMILES string of the molecule is CCNC(=O)c1cnc2c(-c3ccc(F)cc3)cnn2c1C. The number of halogens is 1. The zero-order valence-electron chi connectivity index (χ0n) is 12.3. The van der Waals surface area contributed by atoms with Crippen LogP contribution in [0.2, 0.25) is 0 Å². The van der Waals surface area contributed by atoms with Crippen LogP contribution in [0.1, 0.15) is 23.0 Å². The summed E-state index contributed by atoms with van der Waals surface area (Å²) in [5.74, 6) is -0.462. The van der Waals surface area contributed by atoms with Crippen LogP contribution in [0.5, 0.6) is 0 Å². The molecule has 0 aliphatic heterocycles. The molecule has 0 fully saturated rings. The summed E-state index contributed by atoms with van der Waals surface area (Å²) >= 11 is 0. The molecule has 3 aromatic rings. The predicted octanol–water partition coefficient (Wildman–Crippen LogP) is 2.59. The number of nitrogens with zero attached hydrogens (tertiary/aromatic N) is 3. The number of aromatic nitrogens is 3. The summed E-state index contributed by atoms with van der Waals surface area (Å²) < 4.78 is 14.7. The molecular weight excluding hydrogens is 283 g/mol. The molecule has 0 saturated heterocycles. The van der Waals surface area contributed by atoms with Crippen molar-refractivity contribution in [2.45, 2.75) is 13.8 Å². The maximum Gasteiger partial charge on any atom is 0.254 e. The Morgan fingerprint density at radius 2 is 2.00 bits per heavy atom. The Bertz CT molecular complexity index is 839. The number of carbonyl (C=O) groups is 1. The molecule has 6 heteroatoms. The molecule has 1 N–H and O–H groups in total. The summed E-state index contributed by atoms with van der Waals surface area (Å²) in [6, 6.07) is 6.16. The van der Waals surface area contributed by atoms with E-state index in [2.05, 4.69) is 15.4 Å². The number of aryl methyl sites for hydroxylation is 1. The van der Waals surface area contributed by atoms with Gasteiger partial charge in [-0.2, -0.15) is 5.10 Å². The largest absolute Gasteiger partial charge is 0.352 e. The molecule has 0 unspecified atom stereocenters. The van der Waals surface area contributed by atoms with Crippen molar-refractivity contribution in [1.29, 1.82) is 0 Å². The summed E-state index contributed by atoms with van der Waals surface area (Å²) in [5.41, 5.74) is 3.46. The first-order valence-electron chi connectivity index (χ1n) is 6.99. The Kier molecular flexibility index (Phi) is 3.58. The fourth-order valence-electron chi connectivity index (χ4n) is 2.36. The zero-order chi connectivity index (χ0) is 15.7. The van der Waals surface area contributed by atoms with Crippen molar-refractivity contribution in [3.8, 4) is 11.1 Å². The highest BCUT2D eigenvalue weighted by atomic mass is 19.1.